The van der Waals surface area contributed by atoms with Crippen molar-refractivity contribution in [3.63, 3.8) is 0 Å². The van der Waals surface area contributed by atoms with E-state index in [4.69, 9.17) is 0 Å². The Morgan fingerprint density at radius 1 is 1.29 bits per heavy atom. The molecule has 0 saturated heterocycles. The maximum absolute atomic E-state index is 12.6. The third kappa shape index (κ3) is 3.30. The van der Waals surface area contributed by atoms with Crippen molar-refractivity contribution in [3.8, 4) is 5.69 Å². The van der Waals surface area contributed by atoms with Crippen molar-refractivity contribution in [2.75, 3.05) is 0 Å². The fourth-order valence-electron chi connectivity index (χ4n) is 1.87. The molecule has 0 bridgehead atoms. The highest BCUT2D eigenvalue weighted by Gasteiger charge is 2.19. The number of halogens is 2. The molecule has 4 nitrogen and oxygen atoms in total. The van der Waals surface area contributed by atoms with Crippen LogP contribution >= 0.6 is 11.8 Å². The van der Waals surface area contributed by atoms with Gasteiger partial charge in [0.25, 0.3) is 5.76 Å². The smallest absolute Gasteiger partial charge is 0.352 e. The molecule has 0 aliphatic rings. The van der Waals surface area contributed by atoms with Crippen LogP contribution in [0.3, 0.4) is 0 Å². The highest BCUT2D eigenvalue weighted by atomic mass is 32.2. The lowest BCUT2D eigenvalue weighted by Crippen LogP contribution is -2.06. The van der Waals surface area contributed by atoms with Gasteiger partial charge in [-0.3, -0.25) is 4.79 Å². The molecular formula is C14H11F2NO3S. The summed E-state index contributed by atoms with van der Waals surface area (Å²) in [7, 11) is 0. The Bertz CT molecular complexity index is 697. The molecule has 1 aromatic heterocycles. The zero-order valence-electron chi connectivity index (χ0n) is 10.9. The standard InChI is InChI=1S/C14H11F2NO3S/c1-8(18)9-6-11(13(19)20)17(7-9)10-4-2-3-5-12(10)21-14(15)16/h2-7,14H,1H3,(H,19,20). The molecule has 0 saturated carbocycles. The lowest BCUT2D eigenvalue weighted by atomic mass is 10.2. The van der Waals surface area contributed by atoms with E-state index in [1.807, 2.05) is 0 Å². The van der Waals surface area contributed by atoms with Gasteiger partial charge in [0.05, 0.1) is 5.69 Å². The molecule has 0 aliphatic carbocycles. The molecule has 0 amide bonds. The van der Waals surface area contributed by atoms with Crippen molar-refractivity contribution in [2.24, 2.45) is 0 Å². The number of hydrogen-bond acceptors (Lipinski definition) is 3. The van der Waals surface area contributed by atoms with Crippen molar-refractivity contribution < 1.29 is 23.5 Å². The summed E-state index contributed by atoms with van der Waals surface area (Å²) in [6.45, 7) is 1.31. The van der Waals surface area contributed by atoms with Crippen LogP contribution < -0.4 is 0 Å². The van der Waals surface area contributed by atoms with Gasteiger partial charge < -0.3 is 9.67 Å². The normalized spacial score (nSPS) is 10.9. The third-order valence-electron chi connectivity index (χ3n) is 2.79. The van der Waals surface area contributed by atoms with Crippen molar-refractivity contribution in [1.82, 2.24) is 4.57 Å². The van der Waals surface area contributed by atoms with Crippen LogP contribution in [0, 0.1) is 0 Å². The second kappa shape index (κ2) is 6.09. The predicted octanol–water partition coefficient (Wildman–Crippen LogP) is 3.69. The number of benzene rings is 1. The second-order valence-corrected chi connectivity index (χ2v) is 5.22. The summed E-state index contributed by atoms with van der Waals surface area (Å²) in [5.74, 6) is -4.16. The van der Waals surface area contributed by atoms with Crippen molar-refractivity contribution >= 4 is 23.5 Å². The van der Waals surface area contributed by atoms with Gasteiger partial charge in [0.15, 0.2) is 5.78 Å². The summed E-state index contributed by atoms with van der Waals surface area (Å²) >= 11 is 0.326. The molecule has 1 aromatic carbocycles. The van der Waals surface area contributed by atoms with Gasteiger partial charge >= 0.3 is 5.97 Å². The molecule has 7 heteroatoms. The number of carboxylic acid groups (broad SMARTS) is 1. The minimum atomic E-state index is -2.62. The summed E-state index contributed by atoms with van der Waals surface area (Å²) in [6.07, 6.45) is 1.34. The van der Waals surface area contributed by atoms with E-state index in [1.54, 1.807) is 12.1 Å². The van der Waals surface area contributed by atoms with E-state index in [0.717, 1.165) is 0 Å². The van der Waals surface area contributed by atoms with E-state index in [2.05, 4.69) is 0 Å². The van der Waals surface area contributed by atoms with Crippen molar-refractivity contribution in [2.45, 2.75) is 17.6 Å². The van der Waals surface area contributed by atoms with E-state index >= 15 is 0 Å². The predicted molar refractivity (Wildman–Crippen MR) is 74.6 cm³/mol. The number of carbonyl (C=O) groups is 2. The number of alkyl halides is 2. The molecule has 0 spiro atoms. The summed E-state index contributed by atoms with van der Waals surface area (Å²) < 4.78 is 26.4. The Morgan fingerprint density at radius 2 is 1.95 bits per heavy atom. The van der Waals surface area contributed by atoms with E-state index < -0.39 is 11.7 Å². The lowest BCUT2D eigenvalue weighted by molar-refractivity contribution is 0.0688. The molecule has 0 aliphatic heterocycles. The lowest BCUT2D eigenvalue weighted by Gasteiger charge is -2.11. The molecule has 110 valence electrons. The molecule has 0 atom stereocenters. The maximum atomic E-state index is 12.6. The first kappa shape index (κ1) is 15.2. The number of rotatable bonds is 5. The van der Waals surface area contributed by atoms with Crippen LogP contribution in [0.15, 0.2) is 41.4 Å². The quantitative estimate of drug-likeness (QED) is 0.676. The van der Waals surface area contributed by atoms with Gasteiger partial charge in [0.1, 0.15) is 5.69 Å². The topological polar surface area (TPSA) is 59.3 Å². The Morgan fingerprint density at radius 3 is 2.52 bits per heavy atom. The molecule has 2 rings (SSSR count). The number of thioether (sulfide) groups is 1. The Labute approximate surface area is 123 Å². The number of Topliss-reactive ketones (excluding diaryl/α,β-unsaturated/α-hetero) is 1. The average molecular weight is 311 g/mol. The van der Waals surface area contributed by atoms with Crippen LogP contribution in [0.2, 0.25) is 0 Å². The minimum Gasteiger partial charge on any atom is -0.477 e. The minimum absolute atomic E-state index is 0.150. The Balaban J connectivity index is 2.61. The zero-order valence-corrected chi connectivity index (χ0v) is 11.7. The number of hydrogen-bond donors (Lipinski definition) is 1. The Hall–Kier alpha value is -2.15. The number of aromatic carboxylic acids is 1. The molecule has 2 aromatic rings. The van der Waals surface area contributed by atoms with Crippen LogP contribution in [0.4, 0.5) is 8.78 Å². The zero-order chi connectivity index (χ0) is 15.6. The van der Waals surface area contributed by atoms with Gasteiger partial charge in [-0.25, -0.2) is 4.79 Å². The summed E-state index contributed by atoms with van der Waals surface area (Å²) in [5.41, 5.74) is 0.361. The highest BCUT2D eigenvalue weighted by Crippen LogP contribution is 2.32. The van der Waals surface area contributed by atoms with Crippen molar-refractivity contribution in [3.05, 3.63) is 47.8 Å². The van der Waals surface area contributed by atoms with Crippen LogP contribution in [0.5, 0.6) is 0 Å². The monoisotopic (exact) mass is 311 g/mol. The van der Waals surface area contributed by atoms with E-state index in [9.17, 15) is 23.5 Å². The fraction of sp³-hybridized carbons (Fsp3) is 0.143. The first-order valence-electron chi connectivity index (χ1n) is 5.91. The highest BCUT2D eigenvalue weighted by molar-refractivity contribution is 7.99. The molecule has 21 heavy (non-hydrogen) atoms. The summed E-state index contributed by atoms with van der Waals surface area (Å²) in [5, 5.41) is 9.21. The molecular weight excluding hydrogens is 300 g/mol. The first-order valence-corrected chi connectivity index (χ1v) is 6.79. The van der Waals surface area contributed by atoms with Crippen LogP contribution in [0.25, 0.3) is 5.69 Å². The van der Waals surface area contributed by atoms with E-state index in [-0.39, 0.29) is 21.9 Å². The van der Waals surface area contributed by atoms with Crippen molar-refractivity contribution in [1.29, 1.82) is 0 Å². The third-order valence-corrected chi connectivity index (χ3v) is 3.56. The van der Waals surface area contributed by atoms with Gasteiger partial charge in [-0.05, 0) is 25.1 Å². The molecule has 0 fully saturated rings. The number of para-hydroxylation sites is 1. The molecule has 0 radical (unpaired) electrons. The molecule has 0 unspecified atom stereocenters. The first-order chi connectivity index (χ1) is 9.90. The molecule has 1 N–H and O–H groups in total. The molecule has 1 heterocycles. The summed E-state index contributed by atoms with van der Waals surface area (Å²) in [6, 6.07) is 7.44. The fourth-order valence-corrected chi connectivity index (χ4v) is 2.51. The number of carboxylic acids is 1. The number of nitrogens with zero attached hydrogens (tertiary/aromatic N) is 1. The van der Waals surface area contributed by atoms with Gasteiger partial charge in [0, 0.05) is 16.7 Å². The van der Waals surface area contributed by atoms with E-state index in [0.29, 0.717) is 17.4 Å². The van der Waals surface area contributed by atoms with E-state index in [1.165, 1.54) is 35.9 Å². The van der Waals surface area contributed by atoms with Crippen LogP contribution in [-0.4, -0.2) is 27.2 Å². The van der Waals surface area contributed by atoms with Crippen LogP contribution in [0.1, 0.15) is 27.8 Å². The number of carbonyl (C=O) groups excluding carboxylic acids is 1. The van der Waals surface area contributed by atoms with Gasteiger partial charge in [-0.2, -0.15) is 8.78 Å². The SMILES string of the molecule is CC(=O)c1cc(C(=O)O)n(-c2ccccc2SC(F)F)c1. The largest absolute Gasteiger partial charge is 0.477 e. The Kier molecular flexibility index (Phi) is 4.42. The van der Waals surface area contributed by atoms with Gasteiger partial charge in [0.2, 0.25) is 0 Å². The average Bonchev–Trinajstić information content (AvgIpc) is 2.84. The van der Waals surface area contributed by atoms with Crippen LogP contribution in [-0.2, 0) is 0 Å². The van der Waals surface area contributed by atoms with Gasteiger partial charge in [-0.1, -0.05) is 23.9 Å². The van der Waals surface area contributed by atoms with Gasteiger partial charge in [-0.15, -0.1) is 0 Å². The summed E-state index contributed by atoms with van der Waals surface area (Å²) in [4.78, 5) is 22.9. The second-order valence-electron chi connectivity index (χ2n) is 4.19. The number of ketones is 1. The number of aromatic nitrogens is 1. The maximum Gasteiger partial charge on any atom is 0.352 e.